The number of hydrogen-bond donors (Lipinski definition) is 0. The Hall–Kier alpha value is -0.0700. The van der Waals surface area contributed by atoms with Gasteiger partial charge in [-0.3, -0.25) is 0 Å². The van der Waals surface area contributed by atoms with E-state index in [-0.39, 0.29) is 0 Å². The van der Waals surface area contributed by atoms with E-state index in [1.54, 1.807) is 6.92 Å². The molecule has 1 saturated carbocycles. The molecule has 1 rings (SSSR count). The van der Waals surface area contributed by atoms with Crippen molar-refractivity contribution in [3.63, 3.8) is 0 Å². The minimum absolute atomic E-state index is 0.583. The Kier molecular flexibility index (Phi) is 3.17. The molecule has 0 amide bonds. The van der Waals surface area contributed by atoms with Gasteiger partial charge in [0.1, 0.15) is 0 Å². The molecule has 0 bridgehead atoms. The van der Waals surface area contributed by atoms with Gasteiger partial charge in [0, 0.05) is 0 Å². The van der Waals surface area contributed by atoms with Crippen molar-refractivity contribution in [2.75, 3.05) is 0 Å². The molecule has 0 spiro atoms. The molecule has 0 aromatic rings. The number of alkyl halides is 1. The van der Waals surface area contributed by atoms with Crippen molar-refractivity contribution in [2.45, 2.75) is 51.6 Å². The Morgan fingerprint density at radius 1 is 1.50 bits per heavy atom. The maximum absolute atomic E-state index is 12.3. The monoisotopic (exact) mass is 144 g/mol. The summed E-state index contributed by atoms with van der Waals surface area (Å²) in [5, 5.41) is 0. The smallest absolute Gasteiger partial charge is 0.0973 e. The Labute approximate surface area is 62.8 Å². The summed E-state index contributed by atoms with van der Waals surface area (Å²) < 4.78 is 12.3. The molecule has 0 saturated heterocycles. The molecule has 0 nitrogen and oxygen atoms in total. The molecule has 1 atom stereocenters. The lowest BCUT2D eigenvalue weighted by atomic mass is 9.82. The van der Waals surface area contributed by atoms with Gasteiger partial charge in [-0.25, -0.2) is 4.39 Å². The Morgan fingerprint density at radius 2 is 2.20 bits per heavy atom. The highest BCUT2D eigenvalue weighted by Crippen LogP contribution is 2.30. The summed E-state index contributed by atoms with van der Waals surface area (Å²) in [4.78, 5) is 0. The van der Waals surface area contributed by atoms with Gasteiger partial charge in [0.2, 0.25) is 0 Å². The van der Waals surface area contributed by atoms with E-state index in [1.165, 1.54) is 25.7 Å². The van der Waals surface area contributed by atoms with Crippen molar-refractivity contribution in [1.82, 2.24) is 0 Å². The van der Waals surface area contributed by atoms with Gasteiger partial charge in [-0.05, 0) is 19.3 Å². The summed E-state index contributed by atoms with van der Waals surface area (Å²) in [5.41, 5.74) is 0. The second-order valence-electron chi connectivity index (χ2n) is 3.51. The fraction of sp³-hybridized carbons (Fsp3) is 1.00. The van der Waals surface area contributed by atoms with Crippen LogP contribution in [-0.2, 0) is 0 Å². The zero-order valence-corrected chi connectivity index (χ0v) is 6.78. The molecule has 1 aliphatic rings. The third kappa shape index (κ3) is 2.68. The second kappa shape index (κ2) is 3.95. The van der Waals surface area contributed by atoms with E-state index >= 15 is 0 Å². The first-order valence-electron chi connectivity index (χ1n) is 4.43. The predicted octanol–water partition coefficient (Wildman–Crippen LogP) is 3.31. The first-order chi connectivity index (χ1) is 4.79. The number of halogens is 1. The van der Waals surface area contributed by atoms with Gasteiger partial charge < -0.3 is 0 Å². The van der Waals surface area contributed by atoms with E-state index in [2.05, 4.69) is 0 Å². The molecule has 0 aromatic carbocycles. The minimum atomic E-state index is -0.583. The van der Waals surface area contributed by atoms with Crippen LogP contribution in [0, 0.1) is 5.92 Å². The molecule has 0 N–H and O–H groups in total. The van der Waals surface area contributed by atoms with Crippen LogP contribution in [0.15, 0.2) is 0 Å². The van der Waals surface area contributed by atoms with Crippen LogP contribution >= 0.6 is 0 Å². The van der Waals surface area contributed by atoms with E-state index in [0.29, 0.717) is 0 Å². The highest BCUT2D eigenvalue weighted by molar-refractivity contribution is 4.69. The average Bonchev–Trinajstić information content (AvgIpc) is 1.75. The highest BCUT2D eigenvalue weighted by atomic mass is 19.1. The molecule has 10 heavy (non-hydrogen) atoms. The van der Waals surface area contributed by atoms with Crippen molar-refractivity contribution in [2.24, 2.45) is 5.92 Å². The lowest BCUT2D eigenvalue weighted by Gasteiger charge is -2.25. The van der Waals surface area contributed by atoms with Crippen LogP contribution in [-0.4, -0.2) is 6.17 Å². The Balaban J connectivity index is 1.85. The molecule has 0 aromatic heterocycles. The van der Waals surface area contributed by atoms with Gasteiger partial charge in [0.25, 0.3) is 0 Å². The van der Waals surface area contributed by atoms with Gasteiger partial charge in [0.15, 0.2) is 0 Å². The van der Waals surface area contributed by atoms with E-state index in [1.807, 2.05) is 0 Å². The second-order valence-corrected chi connectivity index (χ2v) is 3.51. The average molecular weight is 144 g/mol. The van der Waals surface area contributed by atoms with Gasteiger partial charge in [-0.1, -0.05) is 32.1 Å². The van der Waals surface area contributed by atoms with Crippen LogP contribution < -0.4 is 0 Å². The summed E-state index contributed by atoms with van der Waals surface area (Å²) in [7, 11) is 0. The number of hydrogen-bond acceptors (Lipinski definition) is 0. The highest BCUT2D eigenvalue weighted by Gasteiger charge is 2.16. The fourth-order valence-electron chi connectivity index (χ4n) is 1.47. The maximum atomic E-state index is 12.3. The zero-order valence-electron chi connectivity index (χ0n) is 6.78. The third-order valence-corrected chi connectivity index (χ3v) is 2.44. The van der Waals surface area contributed by atoms with E-state index in [0.717, 1.165) is 18.8 Å². The topological polar surface area (TPSA) is 0 Å². The van der Waals surface area contributed by atoms with Crippen molar-refractivity contribution in [3.05, 3.63) is 0 Å². The largest absolute Gasteiger partial charge is 0.248 e. The van der Waals surface area contributed by atoms with Crippen molar-refractivity contribution in [3.8, 4) is 0 Å². The molecule has 0 radical (unpaired) electrons. The van der Waals surface area contributed by atoms with Crippen molar-refractivity contribution < 1.29 is 4.39 Å². The van der Waals surface area contributed by atoms with Crippen molar-refractivity contribution >= 4 is 0 Å². The molecule has 0 aliphatic heterocycles. The first-order valence-corrected chi connectivity index (χ1v) is 4.43. The summed E-state index contributed by atoms with van der Waals surface area (Å²) in [6.45, 7) is 1.65. The normalized spacial score (nSPS) is 22.2. The molecule has 0 heterocycles. The Bertz CT molecular complexity index is 84.7. The van der Waals surface area contributed by atoms with Crippen LogP contribution in [0.4, 0.5) is 4.39 Å². The zero-order chi connectivity index (χ0) is 7.40. The van der Waals surface area contributed by atoms with E-state index in [9.17, 15) is 4.39 Å². The maximum Gasteiger partial charge on any atom is 0.0973 e. The van der Waals surface area contributed by atoms with Crippen LogP contribution in [0.3, 0.4) is 0 Å². The molecule has 1 aliphatic carbocycles. The molecule has 1 fully saturated rings. The van der Waals surface area contributed by atoms with Crippen molar-refractivity contribution in [1.29, 1.82) is 0 Å². The SMILES string of the molecule is CC(F)CCCC1CCC1. The van der Waals surface area contributed by atoms with Crippen LogP contribution in [0.1, 0.15) is 45.4 Å². The summed E-state index contributed by atoms with van der Waals surface area (Å²) in [5.74, 6) is 0.957. The van der Waals surface area contributed by atoms with E-state index < -0.39 is 6.17 Å². The third-order valence-electron chi connectivity index (χ3n) is 2.44. The summed E-state index contributed by atoms with van der Waals surface area (Å²) in [6, 6.07) is 0. The predicted molar refractivity (Wildman–Crippen MR) is 41.8 cm³/mol. The Morgan fingerprint density at radius 3 is 2.60 bits per heavy atom. The van der Waals surface area contributed by atoms with Crippen LogP contribution in [0.25, 0.3) is 0 Å². The van der Waals surface area contributed by atoms with Gasteiger partial charge >= 0.3 is 0 Å². The molecule has 1 unspecified atom stereocenters. The van der Waals surface area contributed by atoms with Gasteiger partial charge in [-0.2, -0.15) is 0 Å². The van der Waals surface area contributed by atoms with Crippen LogP contribution in [0.2, 0.25) is 0 Å². The lowest BCUT2D eigenvalue weighted by molar-refractivity contribution is 0.265. The molecule has 60 valence electrons. The quantitative estimate of drug-likeness (QED) is 0.567. The van der Waals surface area contributed by atoms with E-state index in [4.69, 9.17) is 0 Å². The molecular formula is C9H17F. The van der Waals surface area contributed by atoms with Gasteiger partial charge in [0.05, 0.1) is 6.17 Å². The summed E-state index contributed by atoms with van der Waals surface area (Å²) in [6.07, 6.45) is 6.78. The molecular weight excluding hydrogens is 127 g/mol. The van der Waals surface area contributed by atoms with Crippen LogP contribution in [0.5, 0.6) is 0 Å². The van der Waals surface area contributed by atoms with Gasteiger partial charge in [-0.15, -0.1) is 0 Å². The first kappa shape index (κ1) is 8.03. The standard InChI is InChI=1S/C9H17F/c1-8(10)4-2-5-9-6-3-7-9/h8-9H,2-7H2,1H3. The number of rotatable bonds is 4. The molecule has 1 heteroatoms. The lowest BCUT2D eigenvalue weighted by Crippen LogP contribution is -2.10. The fourth-order valence-corrected chi connectivity index (χ4v) is 1.47. The minimum Gasteiger partial charge on any atom is -0.248 e. The summed E-state index contributed by atoms with van der Waals surface area (Å²) >= 11 is 0.